The number of imide groups is 1. The van der Waals surface area contributed by atoms with Crippen LogP contribution >= 0.6 is 0 Å². The summed E-state index contributed by atoms with van der Waals surface area (Å²) in [4.78, 5) is 29.7. The molecule has 5 rings (SSSR count). The standard InChI is InChI=1S/C32H23N3O2/c1-22-6-2-5-9-29(22)35-30(36)27-7-3-4-8-28(27)32(31(35)37,18-23-10-14-25(20-33)15-11-23)19-24-12-16-26(21-34)17-13-24/h2-17H,18-19H2,1H3. The Bertz CT molecular complexity index is 1530. The van der Waals surface area contributed by atoms with Crippen LogP contribution in [0, 0.1) is 29.6 Å². The van der Waals surface area contributed by atoms with Gasteiger partial charge in [-0.3, -0.25) is 9.59 Å². The molecule has 1 aliphatic rings. The van der Waals surface area contributed by atoms with Crippen LogP contribution in [0.3, 0.4) is 0 Å². The molecule has 0 unspecified atom stereocenters. The zero-order chi connectivity index (χ0) is 26.0. The summed E-state index contributed by atoms with van der Waals surface area (Å²) in [5.74, 6) is -0.635. The predicted octanol–water partition coefficient (Wildman–Crippen LogP) is 5.65. The van der Waals surface area contributed by atoms with Crippen molar-refractivity contribution in [2.45, 2.75) is 25.2 Å². The summed E-state index contributed by atoms with van der Waals surface area (Å²) in [6, 6.07) is 33.4. The number of benzene rings is 4. The SMILES string of the molecule is Cc1ccccc1N1C(=O)c2ccccc2C(Cc2ccc(C#N)cc2)(Cc2ccc(C#N)cc2)C1=O. The summed E-state index contributed by atoms with van der Waals surface area (Å²) in [6.45, 7) is 1.89. The highest BCUT2D eigenvalue weighted by molar-refractivity contribution is 6.27. The Hall–Kier alpha value is -5.00. The molecule has 4 aromatic carbocycles. The highest BCUT2D eigenvalue weighted by Crippen LogP contribution is 2.42. The number of carbonyl (C=O) groups excluding carboxylic acids is 2. The first kappa shape index (κ1) is 23.7. The van der Waals surface area contributed by atoms with Gasteiger partial charge >= 0.3 is 0 Å². The molecular formula is C32H23N3O2. The first-order valence-corrected chi connectivity index (χ1v) is 12.0. The molecule has 0 N–H and O–H groups in total. The highest BCUT2D eigenvalue weighted by atomic mass is 16.2. The molecule has 0 spiro atoms. The van der Waals surface area contributed by atoms with Crippen LogP contribution in [0.15, 0.2) is 97.1 Å². The van der Waals surface area contributed by atoms with Crippen molar-refractivity contribution >= 4 is 17.5 Å². The average Bonchev–Trinajstić information content (AvgIpc) is 2.94. The number of carbonyl (C=O) groups is 2. The van der Waals surface area contributed by atoms with Crippen LogP contribution < -0.4 is 4.90 Å². The van der Waals surface area contributed by atoms with Crippen molar-refractivity contribution in [3.8, 4) is 12.1 Å². The molecule has 0 radical (unpaired) electrons. The summed E-state index contributed by atoms with van der Waals surface area (Å²) in [5.41, 5.74) is 4.33. The summed E-state index contributed by atoms with van der Waals surface area (Å²) in [7, 11) is 0. The molecule has 37 heavy (non-hydrogen) atoms. The molecule has 1 heterocycles. The number of nitriles is 2. The van der Waals surface area contributed by atoms with Crippen molar-refractivity contribution in [2.24, 2.45) is 0 Å². The first-order chi connectivity index (χ1) is 18.0. The van der Waals surface area contributed by atoms with E-state index in [9.17, 15) is 20.1 Å². The molecule has 0 bridgehead atoms. The Kier molecular flexibility index (Phi) is 6.14. The molecule has 4 aromatic rings. The molecule has 0 saturated carbocycles. The van der Waals surface area contributed by atoms with Gasteiger partial charge in [-0.2, -0.15) is 10.5 Å². The minimum Gasteiger partial charge on any atom is -0.273 e. The first-order valence-electron chi connectivity index (χ1n) is 12.0. The fourth-order valence-electron chi connectivity index (χ4n) is 5.16. The van der Waals surface area contributed by atoms with Gasteiger partial charge in [0.15, 0.2) is 0 Å². The maximum absolute atomic E-state index is 14.6. The Morgan fingerprint density at radius 1 is 0.703 bits per heavy atom. The van der Waals surface area contributed by atoms with Gasteiger partial charge in [0.25, 0.3) is 5.91 Å². The van der Waals surface area contributed by atoms with Gasteiger partial charge in [-0.25, -0.2) is 4.90 Å². The number of rotatable bonds is 5. The molecule has 5 nitrogen and oxygen atoms in total. The number of anilines is 1. The van der Waals surface area contributed by atoms with E-state index >= 15 is 0 Å². The van der Waals surface area contributed by atoms with Crippen LogP contribution in [0.4, 0.5) is 5.69 Å². The van der Waals surface area contributed by atoms with E-state index in [1.807, 2.05) is 67.6 Å². The number of amides is 2. The number of nitrogens with zero attached hydrogens (tertiary/aromatic N) is 3. The van der Waals surface area contributed by atoms with Crippen molar-refractivity contribution in [2.75, 3.05) is 4.90 Å². The normalized spacial score (nSPS) is 14.0. The molecule has 0 saturated heterocycles. The van der Waals surface area contributed by atoms with E-state index in [1.165, 1.54) is 4.90 Å². The lowest BCUT2D eigenvalue weighted by atomic mass is 9.66. The quantitative estimate of drug-likeness (QED) is 0.345. The van der Waals surface area contributed by atoms with Gasteiger partial charge in [0.1, 0.15) is 0 Å². The maximum atomic E-state index is 14.6. The Balaban J connectivity index is 1.74. The number of para-hydroxylation sites is 1. The van der Waals surface area contributed by atoms with Crippen LogP contribution in [0.1, 0.15) is 43.7 Å². The van der Waals surface area contributed by atoms with Crippen molar-refractivity contribution in [1.82, 2.24) is 0 Å². The topological polar surface area (TPSA) is 85.0 Å². The lowest BCUT2D eigenvalue weighted by Gasteiger charge is -2.42. The van der Waals surface area contributed by atoms with E-state index in [-0.39, 0.29) is 11.8 Å². The fraction of sp³-hybridized carbons (Fsp3) is 0.125. The third-order valence-corrected chi connectivity index (χ3v) is 7.02. The number of fused-ring (bicyclic) bond motifs is 1. The summed E-state index contributed by atoms with van der Waals surface area (Å²) >= 11 is 0. The van der Waals surface area contributed by atoms with E-state index in [2.05, 4.69) is 12.1 Å². The zero-order valence-corrected chi connectivity index (χ0v) is 20.3. The second-order valence-electron chi connectivity index (χ2n) is 9.33. The van der Waals surface area contributed by atoms with Crippen LogP contribution in [0.5, 0.6) is 0 Å². The molecule has 5 heteroatoms. The lowest BCUT2D eigenvalue weighted by Crippen LogP contribution is -2.57. The second kappa shape index (κ2) is 9.57. The average molecular weight is 482 g/mol. The van der Waals surface area contributed by atoms with Gasteiger partial charge in [0, 0.05) is 5.56 Å². The molecular weight excluding hydrogens is 458 g/mol. The van der Waals surface area contributed by atoms with Gasteiger partial charge in [0.05, 0.1) is 34.4 Å². The van der Waals surface area contributed by atoms with Crippen LogP contribution in [-0.4, -0.2) is 11.8 Å². The van der Waals surface area contributed by atoms with Crippen LogP contribution in [-0.2, 0) is 23.1 Å². The fourth-order valence-corrected chi connectivity index (χ4v) is 5.16. The highest BCUT2D eigenvalue weighted by Gasteiger charge is 2.51. The minimum atomic E-state index is -1.09. The summed E-state index contributed by atoms with van der Waals surface area (Å²) in [6.07, 6.45) is 0.675. The Labute approximate surface area is 215 Å². The number of aryl methyl sites for hydroxylation is 1. The monoisotopic (exact) mass is 481 g/mol. The molecule has 0 aliphatic carbocycles. The van der Waals surface area contributed by atoms with Gasteiger partial charge < -0.3 is 0 Å². The van der Waals surface area contributed by atoms with Crippen molar-refractivity contribution < 1.29 is 9.59 Å². The smallest absolute Gasteiger partial charge is 0.265 e. The van der Waals surface area contributed by atoms with E-state index in [4.69, 9.17) is 0 Å². The second-order valence-corrected chi connectivity index (χ2v) is 9.33. The molecule has 178 valence electrons. The Morgan fingerprint density at radius 2 is 1.22 bits per heavy atom. The molecule has 0 aromatic heterocycles. The van der Waals surface area contributed by atoms with E-state index in [0.29, 0.717) is 40.8 Å². The molecule has 0 atom stereocenters. The minimum absolute atomic E-state index is 0.292. The number of hydrogen-bond acceptors (Lipinski definition) is 4. The molecule has 0 fully saturated rings. The summed E-state index contributed by atoms with van der Waals surface area (Å²) in [5, 5.41) is 18.5. The van der Waals surface area contributed by atoms with Gasteiger partial charge in [-0.05, 0) is 78.4 Å². The van der Waals surface area contributed by atoms with Crippen molar-refractivity contribution in [3.63, 3.8) is 0 Å². The third-order valence-electron chi connectivity index (χ3n) is 7.02. The van der Waals surface area contributed by atoms with Crippen LogP contribution in [0.2, 0.25) is 0 Å². The maximum Gasteiger partial charge on any atom is 0.265 e. The largest absolute Gasteiger partial charge is 0.273 e. The van der Waals surface area contributed by atoms with Gasteiger partial charge in [-0.15, -0.1) is 0 Å². The predicted molar refractivity (Wildman–Crippen MR) is 141 cm³/mol. The van der Waals surface area contributed by atoms with E-state index in [0.717, 1.165) is 16.7 Å². The van der Waals surface area contributed by atoms with Gasteiger partial charge in [0.2, 0.25) is 5.91 Å². The van der Waals surface area contributed by atoms with Gasteiger partial charge in [-0.1, -0.05) is 60.7 Å². The van der Waals surface area contributed by atoms with E-state index in [1.54, 1.807) is 36.4 Å². The number of hydrogen-bond donors (Lipinski definition) is 0. The van der Waals surface area contributed by atoms with Crippen molar-refractivity contribution in [1.29, 1.82) is 10.5 Å². The van der Waals surface area contributed by atoms with Crippen LogP contribution in [0.25, 0.3) is 0 Å². The van der Waals surface area contributed by atoms with E-state index < -0.39 is 5.41 Å². The third kappa shape index (κ3) is 4.18. The lowest BCUT2D eigenvalue weighted by molar-refractivity contribution is -0.124. The Morgan fingerprint density at radius 3 is 1.76 bits per heavy atom. The zero-order valence-electron chi connectivity index (χ0n) is 20.3. The van der Waals surface area contributed by atoms with Crippen molar-refractivity contribution in [3.05, 3.63) is 136 Å². The summed E-state index contributed by atoms with van der Waals surface area (Å²) < 4.78 is 0. The molecule has 2 amide bonds. The molecule has 1 aliphatic heterocycles.